The van der Waals surface area contributed by atoms with E-state index in [1.54, 1.807) is 0 Å². The second kappa shape index (κ2) is 8.08. The van der Waals surface area contributed by atoms with E-state index in [9.17, 15) is 4.79 Å². The molecule has 0 saturated carbocycles. The summed E-state index contributed by atoms with van der Waals surface area (Å²) in [5.41, 5.74) is 2.84. The van der Waals surface area contributed by atoms with Gasteiger partial charge in [0, 0.05) is 31.9 Å². The summed E-state index contributed by atoms with van der Waals surface area (Å²) in [6.45, 7) is 10.4. The van der Waals surface area contributed by atoms with Crippen LogP contribution in [0.2, 0.25) is 0 Å². The average molecular weight is 371 g/mol. The minimum atomic E-state index is -0.0746. The van der Waals surface area contributed by atoms with Crippen molar-refractivity contribution < 1.29 is 4.79 Å². The second-order valence-corrected chi connectivity index (χ2v) is 8.24. The molecule has 1 fully saturated rings. The third-order valence-electron chi connectivity index (χ3n) is 4.84. The SMILES string of the molecule is CN1CCN(C(=O)Cc2cccc(NCc3cn(C(C)(C)C)nn3)c2)CC1. The molecule has 0 atom stereocenters. The molecule has 1 amide bonds. The smallest absolute Gasteiger partial charge is 0.227 e. The first-order valence-electron chi connectivity index (χ1n) is 9.52. The normalized spacial score (nSPS) is 15.8. The standard InChI is InChI=1S/C20H30N6O/c1-20(2,3)26-15-18(22-23-26)14-21-17-7-5-6-16(12-17)13-19(27)25-10-8-24(4)9-11-25/h5-7,12,15,21H,8-11,13-14H2,1-4H3. The van der Waals surface area contributed by atoms with Gasteiger partial charge >= 0.3 is 0 Å². The summed E-state index contributed by atoms with van der Waals surface area (Å²) < 4.78 is 1.87. The van der Waals surface area contributed by atoms with Crippen LogP contribution in [0.3, 0.4) is 0 Å². The lowest BCUT2D eigenvalue weighted by Gasteiger charge is -2.32. The maximum Gasteiger partial charge on any atom is 0.227 e. The number of benzene rings is 1. The summed E-state index contributed by atoms with van der Waals surface area (Å²) >= 11 is 0. The summed E-state index contributed by atoms with van der Waals surface area (Å²) in [5.74, 6) is 0.202. The highest BCUT2D eigenvalue weighted by atomic mass is 16.2. The molecule has 2 heterocycles. The number of piperazine rings is 1. The molecular formula is C20H30N6O. The molecule has 0 aliphatic carbocycles. The van der Waals surface area contributed by atoms with Crippen LogP contribution < -0.4 is 5.32 Å². The number of nitrogens with one attached hydrogen (secondary N) is 1. The number of hydrogen-bond acceptors (Lipinski definition) is 5. The van der Waals surface area contributed by atoms with E-state index in [0.29, 0.717) is 13.0 Å². The first-order valence-corrected chi connectivity index (χ1v) is 9.52. The molecule has 3 rings (SSSR count). The van der Waals surface area contributed by atoms with Crippen LogP contribution in [0.15, 0.2) is 30.5 Å². The van der Waals surface area contributed by atoms with Crippen LogP contribution in [0.25, 0.3) is 0 Å². The zero-order valence-corrected chi connectivity index (χ0v) is 16.8. The van der Waals surface area contributed by atoms with E-state index in [-0.39, 0.29) is 11.4 Å². The van der Waals surface area contributed by atoms with Crippen LogP contribution in [0, 0.1) is 0 Å². The molecule has 1 N–H and O–H groups in total. The molecule has 1 aromatic carbocycles. The predicted molar refractivity (Wildman–Crippen MR) is 107 cm³/mol. The Kier molecular flexibility index (Phi) is 5.79. The van der Waals surface area contributed by atoms with E-state index in [4.69, 9.17) is 0 Å². The van der Waals surface area contributed by atoms with E-state index in [2.05, 4.69) is 48.3 Å². The van der Waals surface area contributed by atoms with Gasteiger partial charge in [-0.3, -0.25) is 4.79 Å². The lowest BCUT2D eigenvalue weighted by molar-refractivity contribution is -0.132. The number of aromatic nitrogens is 3. The number of rotatable bonds is 5. The molecule has 0 unspecified atom stereocenters. The largest absolute Gasteiger partial charge is 0.379 e. The van der Waals surface area contributed by atoms with Crippen LogP contribution in [0.1, 0.15) is 32.0 Å². The Labute approximate surface area is 161 Å². The Bertz CT molecular complexity index is 771. The third-order valence-corrected chi connectivity index (χ3v) is 4.84. The van der Waals surface area contributed by atoms with Crippen molar-refractivity contribution in [3.63, 3.8) is 0 Å². The summed E-state index contributed by atoms with van der Waals surface area (Å²) in [5, 5.41) is 11.8. The number of nitrogens with zero attached hydrogens (tertiary/aromatic N) is 5. The average Bonchev–Trinajstić information content (AvgIpc) is 3.10. The van der Waals surface area contributed by atoms with Crippen molar-refractivity contribution in [2.75, 3.05) is 38.5 Å². The van der Waals surface area contributed by atoms with Gasteiger partial charge in [0.25, 0.3) is 0 Å². The first-order chi connectivity index (χ1) is 12.8. The fourth-order valence-electron chi connectivity index (χ4n) is 3.03. The van der Waals surface area contributed by atoms with Crippen LogP contribution in [0.5, 0.6) is 0 Å². The topological polar surface area (TPSA) is 66.3 Å². The monoisotopic (exact) mass is 370 g/mol. The van der Waals surface area contributed by atoms with Gasteiger partial charge in [0.05, 0.1) is 24.7 Å². The zero-order chi connectivity index (χ0) is 19.4. The highest BCUT2D eigenvalue weighted by molar-refractivity contribution is 5.79. The van der Waals surface area contributed by atoms with Crippen LogP contribution in [-0.4, -0.2) is 63.9 Å². The van der Waals surface area contributed by atoms with E-state index in [0.717, 1.165) is 43.1 Å². The van der Waals surface area contributed by atoms with Crippen LogP contribution in [0.4, 0.5) is 5.69 Å². The molecule has 1 aromatic heterocycles. The second-order valence-electron chi connectivity index (χ2n) is 8.24. The lowest BCUT2D eigenvalue weighted by Crippen LogP contribution is -2.47. The molecule has 0 bridgehead atoms. The third kappa shape index (κ3) is 5.29. The van der Waals surface area contributed by atoms with E-state index in [1.807, 2.05) is 40.0 Å². The Balaban J connectivity index is 1.55. The number of hydrogen-bond donors (Lipinski definition) is 1. The molecule has 1 aliphatic heterocycles. The highest BCUT2D eigenvalue weighted by Gasteiger charge is 2.19. The van der Waals surface area contributed by atoms with Gasteiger partial charge < -0.3 is 15.1 Å². The van der Waals surface area contributed by atoms with Gasteiger partial charge in [-0.15, -0.1) is 5.10 Å². The van der Waals surface area contributed by atoms with Crippen molar-refractivity contribution in [2.45, 2.75) is 39.3 Å². The minimum absolute atomic E-state index is 0.0746. The molecule has 1 saturated heterocycles. The highest BCUT2D eigenvalue weighted by Crippen LogP contribution is 2.15. The predicted octanol–water partition coefficient (Wildman–Crippen LogP) is 1.96. The molecule has 146 valence electrons. The van der Waals surface area contributed by atoms with E-state index >= 15 is 0 Å². The molecule has 27 heavy (non-hydrogen) atoms. The summed E-state index contributed by atoms with van der Waals surface area (Å²) in [6, 6.07) is 8.05. The van der Waals surface area contributed by atoms with Crippen molar-refractivity contribution in [2.24, 2.45) is 0 Å². The Morgan fingerprint density at radius 1 is 1.19 bits per heavy atom. The molecule has 7 heteroatoms. The van der Waals surface area contributed by atoms with Gasteiger partial charge in [0.15, 0.2) is 0 Å². The molecule has 2 aromatic rings. The fraction of sp³-hybridized carbons (Fsp3) is 0.550. The Morgan fingerprint density at radius 3 is 2.59 bits per heavy atom. The van der Waals surface area contributed by atoms with Gasteiger partial charge in [0.2, 0.25) is 5.91 Å². The first kappa shape index (κ1) is 19.4. The van der Waals surface area contributed by atoms with E-state index < -0.39 is 0 Å². The summed E-state index contributed by atoms with van der Waals surface area (Å²) in [6.07, 6.45) is 2.41. The number of carbonyl (C=O) groups excluding carboxylic acids is 1. The Morgan fingerprint density at radius 2 is 1.93 bits per heavy atom. The number of carbonyl (C=O) groups is 1. The molecule has 7 nitrogen and oxygen atoms in total. The van der Waals surface area contributed by atoms with Crippen molar-refractivity contribution in [3.8, 4) is 0 Å². The summed E-state index contributed by atoms with van der Waals surface area (Å²) in [4.78, 5) is 16.7. The minimum Gasteiger partial charge on any atom is -0.379 e. The van der Waals surface area contributed by atoms with Gasteiger partial charge in [-0.05, 0) is 45.5 Å². The van der Waals surface area contributed by atoms with Gasteiger partial charge in [-0.25, -0.2) is 4.68 Å². The number of anilines is 1. The Hall–Kier alpha value is -2.41. The van der Waals surface area contributed by atoms with E-state index in [1.165, 1.54) is 0 Å². The molecule has 0 spiro atoms. The quantitative estimate of drug-likeness (QED) is 0.872. The zero-order valence-electron chi connectivity index (χ0n) is 16.8. The van der Waals surface area contributed by atoms with Gasteiger partial charge in [-0.1, -0.05) is 17.3 Å². The van der Waals surface area contributed by atoms with Gasteiger partial charge in [-0.2, -0.15) is 0 Å². The van der Waals surface area contributed by atoms with Crippen LogP contribution >= 0.6 is 0 Å². The van der Waals surface area contributed by atoms with Crippen molar-refractivity contribution in [1.29, 1.82) is 0 Å². The summed E-state index contributed by atoms with van der Waals surface area (Å²) in [7, 11) is 2.09. The molecule has 1 aliphatic rings. The molecule has 0 radical (unpaired) electrons. The lowest BCUT2D eigenvalue weighted by atomic mass is 10.1. The number of amides is 1. The van der Waals surface area contributed by atoms with Crippen molar-refractivity contribution in [1.82, 2.24) is 24.8 Å². The fourth-order valence-corrected chi connectivity index (χ4v) is 3.03. The molecular weight excluding hydrogens is 340 g/mol. The number of likely N-dealkylation sites (N-methyl/N-ethyl adjacent to an activating group) is 1. The van der Waals surface area contributed by atoms with Crippen molar-refractivity contribution >= 4 is 11.6 Å². The van der Waals surface area contributed by atoms with Crippen molar-refractivity contribution in [3.05, 3.63) is 41.7 Å². The van der Waals surface area contributed by atoms with Crippen LogP contribution in [-0.2, 0) is 23.3 Å². The van der Waals surface area contributed by atoms with Gasteiger partial charge in [0.1, 0.15) is 5.69 Å². The maximum absolute atomic E-state index is 12.5. The maximum atomic E-state index is 12.5.